The van der Waals surface area contributed by atoms with Gasteiger partial charge in [0, 0.05) is 10.5 Å². The van der Waals surface area contributed by atoms with Gasteiger partial charge in [0.1, 0.15) is 0 Å². The zero-order chi connectivity index (χ0) is 8.77. The summed E-state index contributed by atoms with van der Waals surface area (Å²) in [6.07, 6.45) is 0. The van der Waals surface area contributed by atoms with Crippen LogP contribution in [0.1, 0.15) is 10.4 Å². The van der Waals surface area contributed by atoms with E-state index < -0.39 is 3.67 Å². The van der Waals surface area contributed by atoms with Gasteiger partial charge in [-0.1, -0.05) is 53.2 Å². The van der Waals surface area contributed by atoms with E-state index in [0.717, 1.165) is 4.90 Å². The van der Waals surface area contributed by atoms with E-state index in [4.69, 9.17) is 23.2 Å². The molecular formula is C8H4Cl2OS. The first-order valence-corrected chi connectivity index (χ1v) is 4.89. The second-order valence-electron chi connectivity index (χ2n) is 2.44. The van der Waals surface area contributed by atoms with Gasteiger partial charge in [0.05, 0.1) is 0 Å². The van der Waals surface area contributed by atoms with Gasteiger partial charge in [0.15, 0.2) is 0 Å². The average Bonchev–Trinajstić information content (AvgIpc) is 2.24. The van der Waals surface area contributed by atoms with Crippen LogP contribution in [0.4, 0.5) is 0 Å². The molecule has 1 aliphatic heterocycles. The number of alkyl halides is 2. The Kier molecular flexibility index (Phi) is 1.86. The Bertz CT molecular complexity index is 349. The third-order valence-corrected chi connectivity index (χ3v) is 3.46. The van der Waals surface area contributed by atoms with E-state index in [1.54, 1.807) is 12.1 Å². The van der Waals surface area contributed by atoms with Crippen LogP contribution in [0, 0.1) is 0 Å². The summed E-state index contributed by atoms with van der Waals surface area (Å²) in [7, 11) is 0. The van der Waals surface area contributed by atoms with Gasteiger partial charge in [-0.15, -0.1) is 0 Å². The molecule has 0 unspecified atom stereocenters. The molecule has 1 aromatic rings. The minimum atomic E-state index is -1.32. The minimum absolute atomic E-state index is 0.216. The fraction of sp³-hybridized carbons (Fsp3) is 0.125. The quantitative estimate of drug-likeness (QED) is 0.623. The number of benzene rings is 1. The van der Waals surface area contributed by atoms with E-state index >= 15 is 0 Å². The van der Waals surface area contributed by atoms with Crippen LogP contribution in [0.15, 0.2) is 29.2 Å². The molecule has 1 aromatic carbocycles. The standard InChI is InChI=1S/C8H4Cl2OS/c9-8(10)7(11)5-3-1-2-4-6(5)12-8/h1-4H. The van der Waals surface area contributed by atoms with Crippen molar-refractivity contribution in [3.63, 3.8) is 0 Å². The average molecular weight is 219 g/mol. The SMILES string of the molecule is O=C1c2ccccc2SC1(Cl)Cl. The van der Waals surface area contributed by atoms with Gasteiger partial charge in [-0.3, -0.25) is 4.79 Å². The zero-order valence-corrected chi connectivity index (χ0v) is 8.21. The largest absolute Gasteiger partial charge is 0.290 e. The van der Waals surface area contributed by atoms with Crippen LogP contribution in [0.5, 0.6) is 0 Å². The Hall–Kier alpha value is -0.180. The van der Waals surface area contributed by atoms with Crippen molar-refractivity contribution in [3.05, 3.63) is 29.8 Å². The van der Waals surface area contributed by atoms with Crippen LogP contribution in [0.3, 0.4) is 0 Å². The highest BCUT2D eigenvalue weighted by Gasteiger charge is 2.43. The Morgan fingerprint density at radius 1 is 1.25 bits per heavy atom. The number of ketones is 1. The Labute approximate surface area is 84.0 Å². The number of hydrogen-bond acceptors (Lipinski definition) is 2. The van der Waals surface area contributed by atoms with Gasteiger partial charge < -0.3 is 0 Å². The van der Waals surface area contributed by atoms with Crippen molar-refractivity contribution in [1.29, 1.82) is 0 Å². The predicted molar refractivity (Wildman–Crippen MR) is 51.1 cm³/mol. The van der Waals surface area contributed by atoms with E-state index in [1.165, 1.54) is 11.8 Å². The molecule has 12 heavy (non-hydrogen) atoms. The maximum absolute atomic E-state index is 11.4. The van der Waals surface area contributed by atoms with Crippen LogP contribution in [0.25, 0.3) is 0 Å². The minimum Gasteiger partial charge on any atom is -0.290 e. The van der Waals surface area contributed by atoms with Crippen molar-refractivity contribution in [2.45, 2.75) is 8.56 Å². The first-order chi connectivity index (χ1) is 5.61. The molecule has 0 aliphatic carbocycles. The van der Waals surface area contributed by atoms with Crippen molar-refractivity contribution in [1.82, 2.24) is 0 Å². The summed E-state index contributed by atoms with van der Waals surface area (Å²) in [6, 6.07) is 7.22. The smallest absolute Gasteiger partial charge is 0.230 e. The number of carbonyl (C=O) groups is 1. The Balaban J connectivity index is 2.57. The molecule has 0 spiro atoms. The first kappa shape index (κ1) is 8.42. The van der Waals surface area contributed by atoms with Crippen molar-refractivity contribution in [2.75, 3.05) is 0 Å². The van der Waals surface area contributed by atoms with E-state index in [0.29, 0.717) is 5.56 Å². The molecule has 0 radical (unpaired) electrons. The summed E-state index contributed by atoms with van der Waals surface area (Å²) >= 11 is 12.7. The number of thioether (sulfide) groups is 1. The maximum atomic E-state index is 11.4. The molecule has 0 aromatic heterocycles. The molecule has 0 N–H and O–H groups in total. The molecular weight excluding hydrogens is 215 g/mol. The lowest BCUT2D eigenvalue weighted by molar-refractivity contribution is 0.1000. The highest BCUT2D eigenvalue weighted by molar-refractivity contribution is 8.04. The number of Topliss-reactive ketones (excluding diaryl/α,β-unsaturated/α-hetero) is 1. The van der Waals surface area contributed by atoms with E-state index in [2.05, 4.69) is 0 Å². The molecule has 0 bridgehead atoms. The van der Waals surface area contributed by atoms with Gasteiger partial charge in [-0.05, 0) is 6.07 Å². The summed E-state index contributed by atoms with van der Waals surface area (Å²) < 4.78 is -1.32. The summed E-state index contributed by atoms with van der Waals surface area (Å²) in [5, 5.41) is 0. The van der Waals surface area contributed by atoms with Crippen molar-refractivity contribution in [3.8, 4) is 0 Å². The third-order valence-electron chi connectivity index (χ3n) is 1.63. The summed E-state index contributed by atoms with van der Waals surface area (Å²) in [5.74, 6) is -0.216. The molecule has 0 atom stereocenters. The first-order valence-electron chi connectivity index (χ1n) is 3.32. The van der Waals surface area contributed by atoms with Crippen molar-refractivity contribution < 1.29 is 4.79 Å². The van der Waals surface area contributed by atoms with Crippen LogP contribution in [0.2, 0.25) is 0 Å². The number of halogens is 2. The van der Waals surface area contributed by atoms with Gasteiger partial charge in [-0.25, -0.2) is 0 Å². The third kappa shape index (κ3) is 1.15. The lowest BCUT2D eigenvalue weighted by Gasteiger charge is -2.05. The lowest BCUT2D eigenvalue weighted by Crippen LogP contribution is -2.15. The van der Waals surface area contributed by atoms with Gasteiger partial charge in [0.2, 0.25) is 9.45 Å². The van der Waals surface area contributed by atoms with E-state index in [9.17, 15) is 4.79 Å². The maximum Gasteiger partial charge on any atom is 0.230 e. The van der Waals surface area contributed by atoms with Crippen LogP contribution in [-0.4, -0.2) is 9.45 Å². The lowest BCUT2D eigenvalue weighted by atomic mass is 10.1. The van der Waals surface area contributed by atoms with Crippen LogP contribution < -0.4 is 0 Å². The van der Waals surface area contributed by atoms with Gasteiger partial charge in [0.25, 0.3) is 0 Å². The molecule has 1 nitrogen and oxygen atoms in total. The number of hydrogen-bond donors (Lipinski definition) is 0. The summed E-state index contributed by atoms with van der Waals surface area (Å²) in [4.78, 5) is 12.3. The second kappa shape index (κ2) is 2.66. The molecule has 0 amide bonds. The van der Waals surface area contributed by atoms with Crippen molar-refractivity contribution in [2.24, 2.45) is 0 Å². The Morgan fingerprint density at radius 3 is 2.58 bits per heavy atom. The van der Waals surface area contributed by atoms with Crippen LogP contribution in [-0.2, 0) is 0 Å². The molecule has 0 saturated carbocycles. The fourth-order valence-electron chi connectivity index (χ4n) is 1.08. The molecule has 0 fully saturated rings. The van der Waals surface area contributed by atoms with E-state index in [1.807, 2.05) is 12.1 Å². The summed E-state index contributed by atoms with van der Waals surface area (Å²) in [5.41, 5.74) is 0.618. The number of carbonyl (C=O) groups excluding carboxylic acids is 1. The Morgan fingerprint density at radius 2 is 1.92 bits per heavy atom. The van der Waals surface area contributed by atoms with Crippen molar-refractivity contribution >= 4 is 40.7 Å². The normalized spacial score (nSPS) is 19.3. The second-order valence-corrected chi connectivity index (χ2v) is 5.48. The predicted octanol–water partition coefficient (Wildman–Crippen LogP) is 3.11. The molecule has 62 valence electrons. The molecule has 4 heteroatoms. The molecule has 1 heterocycles. The fourth-order valence-corrected chi connectivity index (χ4v) is 2.68. The highest BCUT2D eigenvalue weighted by atomic mass is 35.5. The number of fused-ring (bicyclic) bond motifs is 1. The van der Waals surface area contributed by atoms with E-state index in [-0.39, 0.29) is 5.78 Å². The van der Waals surface area contributed by atoms with Gasteiger partial charge >= 0.3 is 0 Å². The molecule has 0 saturated heterocycles. The summed E-state index contributed by atoms with van der Waals surface area (Å²) in [6.45, 7) is 0. The highest BCUT2D eigenvalue weighted by Crippen LogP contribution is 2.50. The van der Waals surface area contributed by atoms with Crippen LogP contribution >= 0.6 is 35.0 Å². The van der Waals surface area contributed by atoms with Gasteiger partial charge in [-0.2, -0.15) is 0 Å². The monoisotopic (exact) mass is 218 g/mol. The topological polar surface area (TPSA) is 17.1 Å². The molecule has 2 rings (SSSR count). The molecule has 1 aliphatic rings. The number of rotatable bonds is 0. The zero-order valence-electron chi connectivity index (χ0n) is 5.88.